The molecule has 0 aliphatic rings. The Hall–Kier alpha value is -2.37. The third-order valence-electron chi connectivity index (χ3n) is 3.39. The summed E-state index contributed by atoms with van der Waals surface area (Å²) in [6, 6.07) is 5.50. The zero-order chi connectivity index (χ0) is 18.4. The quantitative estimate of drug-likeness (QED) is 0.600. The van der Waals surface area contributed by atoms with E-state index in [1.54, 1.807) is 13.8 Å². The van der Waals surface area contributed by atoms with E-state index in [0.717, 1.165) is 0 Å². The van der Waals surface area contributed by atoms with Crippen molar-refractivity contribution in [2.24, 2.45) is 5.41 Å². The van der Waals surface area contributed by atoms with Gasteiger partial charge in [-0.15, -0.1) is 6.42 Å². The number of carboxylic acid groups (broad SMARTS) is 1. The van der Waals surface area contributed by atoms with Gasteiger partial charge in [-0.25, -0.2) is 8.42 Å². The molecular weight excluding hydrogens is 332 g/mol. The number of carboxylic acids is 1. The third-order valence-corrected chi connectivity index (χ3v) is 4.78. The Morgan fingerprint density at radius 3 is 2.58 bits per heavy atom. The van der Waals surface area contributed by atoms with Crippen LogP contribution in [0.5, 0.6) is 0 Å². The number of amides is 1. The zero-order valence-corrected chi connectivity index (χ0v) is 14.3. The summed E-state index contributed by atoms with van der Waals surface area (Å²) in [5.41, 5.74) is -0.802. The molecule has 0 unspecified atom stereocenters. The van der Waals surface area contributed by atoms with Crippen LogP contribution in [-0.2, 0) is 14.8 Å². The van der Waals surface area contributed by atoms with Crippen LogP contribution in [0.3, 0.4) is 0 Å². The molecule has 0 atom stereocenters. The van der Waals surface area contributed by atoms with E-state index in [1.807, 2.05) is 0 Å². The van der Waals surface area contributed by atoms with E-state index in [-0.39, 0.29) is 30.0 Å². The van der Waals surface area contributed by atoms with Gasteiger partial charge >= 0.3 is 5.97 Å². The molecule has 0 heterocycles. The average Bonchev–Trinajstić information content (AvgIpc) is 2.52. The number of benzene rings is 1. The molecule has 0 aromatic heterocycles. The lowest BCUT2D eigenvalue weighted by atomic mass is 9.90. The minimum Gasteiger partial charge on any atom is -0.481 e. The topological polar surface area (TPSA) is 113 Å². The van der Waals surface area contributed by atoms with Crippen molar-refractivity contribution in [3.05, 3.63) is 29.8 Å². The molecule has 1 rings (SSSR count). The molecule has 130 valence electrons. The van der Waals surface area contributed by atoms with Crippen LogP contribution in [0.15, 0.2) is 29.2 Å². The Balaban J connectivity index is 2.78. The fourth-order valence-electron chi connectivity index (χ4n) is 1.72. The largest absolute Gasteiger partial charge is 0.481 e. The average molecular weight is 352 g/mol. The summed E-state index contributed by atoms with van der Waals surface area (Å²) in [6.45, 7) is 3.13. The summed E-state index contributed by atoms with van der Waals surface area (Å²) >= 11 is 0. The Labute approximate surface area is 141 Å². The fourth-order valence-corrected chi connectivity index (χ4v) is 2.70. The molecule has 24 heavy (non-hydrogen) atoms. The van der Waals surface area contributed by atoms with Crippen LogP contribution in [-0.4, -0.2) is 38.5 Å². The Morgan fingerprint density at radius 2 is 2.00 bits per heavy atom. The highest BCUT2D eigenvalue weighted by atomic mass is 32.2. The van der Waals surface area contributed by atoms with Crippen LogP contribution in [0.4, 0.5) is 0 Å². The Bertz CT molecular complexity index is 763. The number of aliphatic carboxylic acids is 1. The number of nitrogens with one attached hydrogen (secondary N) is 2. The van der Waals surface area contributed by atoms with E-state index in [1.165, 1.54) is 24.3 Å². The van der Waals surface area contributed by atoms with Crippen molar-refractivity contribution in [2.45, 2.75) is 25.2 Å². The first-order valence-corrected chi connectivity index (χ1v) is 8.63. The second-order valence-corrected chi connectivity index (χ2v) is 7.52. The molecule has 0 radical (unpaired) electrons. The first-order valence-electron chi connectivity index (χ1n) is 7.15. The van der Waals surface area contributed by atoms with Crippen molar-refractivity contribution in [1.29, 1.82) is 0 Å². The molecule has 0 saturated carbocycles. The molecule has 0 bridgehead atoms. The molecule has 1 aromatic carbocycles. The van der Waals surface area contributed by atoms with Crippen molar-refractivity contribution in [3.63, 3.8) is 0 Å². The van der Waals surface area contributed by atoms with Gasteiger partial charge in [0.25, 0.3) is 5.91 Å². The van der Waals surface area contributed by atoms with Crippen LogP contribution in [0.25, 0.3) is 0 Å². The van der Waals surface area contributed by atoms with Gasteiger partial charge in [0.05, 0.1) is 16.9 Å². The SMILES string of the molecule is C#CCNS(=O)(=O)c1cccc(C(=O)NCCC(C)(C)C(=O)O)c1. The van der Waals surface area contributed by atoms with Gasteiger partial charge in [0, 0.05) is 12.1 Å². The summed E-state index contributed by atoms with van der Waals surface area (Å²) in [6.07, 6.45) is 5.27. The lowest BCUT2D eigenvalue weighted by Gasteiger charge is -2.18. The van der Waals surface area contributed by atoms with Gasteiger partial charge in [-0.2, -0.15) is 4.72 Å². The second kappa shape index (κ2) is 7.95. The van der Waals surface area contributed by atoms with Gasteiger partial charge in [0.15, 0.2) is 0 Å². The van der Waals surface area contributed by atoms with E-state index in [2.05, 4.69) is 16.0 Å². The molecule has 0 fully saturated rings. The van der Waals surface area contributed by atoms with Gasteiger partial charge in [-0.05, 0) is 38.5 Å². The van der Waals surface area contributed by atoms with Crippen LogP contribution >= 0.6 is 0 Å². The van der Waals surface area contributed by atoms with Gasteiger partial charge in [0.2, 0.25) is 10.0 Å². The van der Waals surface area contributed by atoms with Crippen LogP contribution in [0, 0.1) is 17.8 Å². The standard InChI is InChI=1S/C16H20N2O5S/c1-4-9-18-24(22,23)13-7-5-6-12(11-13)14(19)17-10-8-16(2,3)15(20)21/h1,5-7,11,18H,8-10H2,2-3H3,(H,17,19)(H,20,21). The molecule has 0 spiro atoms. The number of sulfonamides is 1. The lowest BCUT2D eigenvalue weighted by Crippen LogP contribution is -2.32. The van der Waals surface area contributed by atoms with Crippen molar-refractivity contribution in [1.82, 2.24) is 10.0 Å². The number of terminal acetylenes is 1. The lowest BCUT2D eigenvalue weighted by molar-refractivity contribution is -0.147. The predicted octanol–water partition coefficient (Wildman–Crippen LogP) is 0.829. The minimum atomic E-state index is -3.78. The van der Waals surface area contributed by atoms with E-state index in [9.17, 15) is 18.0 Å². The number of carbonyl (C=O) groups is 2. The molecular formula is C16H20N2O5S. The maximum Gasteiger partial charge on any atom is 0.309 e. The molecule has 1 aromatic rings. The summed E-state index contributed by atoms with van der Waals surface area (Å²) in [5.74, 6) is 0.729. The second-order valence-electron chi connectivity index (χ2n) is 5.75. The molecule has 1 amide bonds. The van der Waals surface area contributed by atoms with Gasteiger partial charge in [-0.3, -0.25) is 9.59 Å². The van der Waals surface area contributed by atoms with E-state index in [4.69, 9.17) is 11.5 Å². The maximum absolute atomic E-state index is 12.1. The number of hydrogen-bond acceptors (Lipinski definition) is 4. The highest BCUT2D eigenvalue weighted by Gasteiger charge is 2.26. The first kappa shape index (κ1) is 19.7. The summed E-state index contributed by atoms with van der Waals surface area (Å²) in [4.78, 5) is 23.0. The van der Waals surface area contributed by atoms with Gasteiger partial charge < -0.3 is 10.4 Å². The Morgan fingerprint density at radius 1 is 1.33 bits per heavy atom. The highest BCUT2D eigenvalue weighted by molar-refractivity contribution is 7.89. The van der Waals surface area contributed by atoms with E-state index in [0.29, 0.717) is 0 Å². The summed E-state index contributed by atoms with van der Waals surface area (Å²) < 4.78 is 26.2. The predicted molar refractivity (Wildman–Crippen MR) is 88.8 cm³/mol. The minimum absolute atomic E-state index is 0.0729. The van der Waals surface area contributed by atoms with Crippen molar-refractivity contribution >= 4 is 21.9 Å². The molecule has 8 heteroatoms. The summed E-state index contributed by atoms with van der Waals surface area (Å²) in [5, 5.41) is 11.6. The molecule has 7 nitrogen and oxygen atoms in total. The number of carbonyl (C=O) groups excluding carboxylic acids is 1. The number of hydrogen-bond donors (Lipinski definition) is 3. The Kier molecular flexibility index (Phi) is 6.51. The highest BCUT2D eigenvalue weighted by Crippen LogP contribution is 2.19. The smallest absolute Gasteiger partial charge is 0.309 e. The maximum atomic E-state index is 12.1. The van der Waals surface area contributed by atoms with Gasteiger partial charge in [0.1, 0.15) is 0 Å². The van der Waals surface area contributed by atoms with Crippen molar-refractivity contribution < 1.29 is 23.1 Å². The molecule has 0 saturated heterocycles. The summed E-state index contributed by atoms with van der Waals surface area (Å²) in [7, 11) is -3.78. The fraction of sp³-hybridized carbons (Fsp3) is 0.375. The third kappa shape index (κ3) is 5.37. The molecule has 3 N–H and O–H groups in total. The van der Waals surface area contributed by atoms with Crippen molar-refractivity contribution in [3.8, 4) is 12.3 Å². The monoisotopic (exact) mass is 352 g/mol. The van der Waals surface area contributed by atoms with Gasteiger partial charge in [-0.1, -0.05) is 12.0 Å². The van der Waals surface area contributed by atoms with Crippen molar-refractivity contribution in [2.75, 3.05) is 13.1 Å². The number of rotatable bonds is 8. The van der Waals surface area contributed by atoms with E-state index < -0.39 is 27.3 Å². The van der Waals surface area contributed by atoms with Crippen LogP contribution in [0.2, 0.25) is 0 Å². The zero-order valence-electron chi connectivity index (χ0n) is 13.5. The van der Waals surface area contributed by atoms with Crippen LogP contribution in [0.1, 0.15) is 30.6 Å². The molecule has 0 aliphatic carbocycles. The first-order chi connectivity index (χ1) is 11.1. The molecule has 0 aliphatic heterocycles. The normalized spacial score (nSPS) is 11.5. The van der Waals surface area contributed by atoms with Crippen LogP contribution < -0.4 is 10.0 Å². The van der Waals surface area contributed by atoms with E-state index >= 15 is 0 Å².